The van der Waals surface area contributed by atoms with Crippen molar-refractivity contribution in [2.24, 2.45) is 5.73 Å². The monoisotopic (exact) mass is 209 g/mol. The molecule has 2 N–H and O–H groups in total. The van der Waals surface area contributed by atoms with E-state index in [1.165, 1.54) is 6.42 Å². The van der Waals surface area contributed by atoms with Crippen LogP contribution < -0.4 is 5.73 Å². The number of ether oxygens (including phenoxy) is 1. The van der Waals surface area contributed by atoms with Gasteiger partial charge in [-0.15, -0.1) is 0 Å². The van der Waals surface area contributed by atoms with Crippen LogP contribution in [0.25, 0.3) is 0 Å². The Balaban J connectivity index is 2.02. The lowest BCUT2D eigenvalue weighted by Crippen LogP contribution is -2.31. The molecule has 0 saturated carbocycles. The average molecular weight is 209 g/mol. The van der Waals surface area contributed by atoms with Gasteiger partial charge in [0.15, 0.2) is 0 Å². The fraction of sp³-hybridized carbons (Fsp3) is 0.727. The SMILES string of the molecule is CCn1cc(C(N)C2CCCCO2)cn1. The maximum absolute atomic E-state index is 6.16. The summed E-state index contributed by atoms with van der Waals surface area (Å²) >= 11 is 0. The summed E-state index contributed by atoms with van der Waals surface area (Å²) < 4.78 is 7.58. The largest absolute Gasteiger partial charge is 0.376 e. The molecular weight excluding hydrogens is 190 g/mol. The molecule has 1 aromatic rings. The fourth-order valence-corrected chi connectivity index (χ4v) is 1.99. The second kappa shape index (κ2) is 4.77. The average Bonchev–Trinajstić information content (AvgIpc) is 2.78. The highest BCUT2D eigenvalue weighted by atomic mass is 16.5. The third-order valence-electron chi connectivity index (χ3n) is 2.98. The number of hydrogen-bond donors (Lipinski definition) is 1. The molecule has 0 aliphatic carbocycles. The highest BCUT2D eigenvalue weighted by Gasteiger charge is 2.23. The molecule has 0 amide bonds. The van der Waals surface area contributed by atoms with Crippen LogP contribution in [-0.2, 0) is 11.3 Å². The van der Waals surface area contributed by atoms with E-state index >= 15 is 0 Å². The van der Waals surface area contributed by atoms with Crippen LogP contribution >= 0.6 is 0 Å². The van der Waals surface area contributed by atoms with E-state index in [-0.39, 0.29) is 12.1 Å². The van der Waals surface area contributed by atoms with Gasteiger partial charge in [0.2, 0.25) is 0 Å². The van der Waals surface area contributed by atoms with E-state index in [0.717, 1.165) is 31.6 Å². The van der Waals surface area contributed by atoms with E-state index in [2.05, 4.69) is 12.0 Å². The summed E-state index contributed by atoms with van der Waals surface area (Å²) in [6, 6.07) is -0.0226. The van der Waals surface area contributed by atoms with Gasteiger partial charge in [0.1, 0.15) is 0 Å². The van der Waals surface area contributed by atoms with Crippen molar-refractivity contribution >= 4 is 0 Å². The molecule has 1 aliphatic heterocycles. The van der Waals surface area contributed by atoms with E-state index in [4.69, 9.17) is 10.5 Å². The first-order valence-electron chi connectivity index (χ1n) is 5.71. The van der Waals surface area contributed by atoms with Crippen molar-refractivity contribution in [3.05, 3.63) is 18.0 Å². The number of rotatable bonds is 3. The van der Waals surface area contributed by atoms with E-state index < -0.39 is 0 Å². The van der Waals surface area contributed by atoms with Gasteiger partial charge in [0, 0.05) is 24.9 Å². The van der Waals surface area contributed by atoms with Crippen molar-refractivity contribution in [3.8, 4) is 0 Å². The normalized spacial score (nSPS) is 24.0. The highest BCUT2D eigenvalue weighted by Crippen LogP contribution is 2.23. The van der Waals surface area contributed by atoms with Gasteiger partial charge in [-0.2, -0.15) is 5.10 Å². The fourth-order valence-electron chi connectivity index (χ4n) is 1.99. The van der Waals surface area contributed by atoms with Crippen molar-refractivity contribution in [1.29, 1.82) is 0 Å². The molecular formula is C11H19N3O. The van der Waals surface area contributed by atoms with Gasteiger partial charge in [-0.25, -0.2) is 0 Å². The number of aromatic nitrogens is 2. The van der Waals surface area contributed by atoms with Crippen LogP contribution in [0.15, 0.2) is 12.4 Å². The van der Waals surface area contributed by atoms with Gasteiger partial charge in [-0.1, -0.05) is 0 Å². The van der Waals surface area contributed by atoms with Crippen LogP contribution in [0.3, 0.4) is 0 Å². The number of aryl methyl sites for hydroxylation is 1. The maximum Gasteiger partial charge on any atom is 0.0768 e. The Hall–Kier alpha value is -0.870. The molecule has 1 fully saturated rings. The van der Waals surface area contributed by atoms with E-state index in [1.54, 1.807) is 0 Å². The minimum Gasteiger partial charge on any atom is -0.376 e. The molecule has 1 aromatic heterocycles. The van der Waals surface area contributed by atoms with Crippen molar-refractivity contribution in [2.45, 2.75) is 44.9 Å². The number of nitrogens with two attached hydrogens (primary N) is 1. The van der Waals surface area contributed by atoms with Crippen molar-refractivity contribution in [2.75, 3.05) is 6.61 Å². The molecule has 2 rings (SSSR count). The van der Waals surface area contributed by atoms with Gasteiger partial charge in [0.05, 0.1) is 18.3 Å². The first kappa shape index (κ1) is 10.6. The van der Waals surface area contributed by atoms with Crippen LogP contribution in [0, 0.1) is 0 Å². The van der Waals surface area contributed by atoms with E-state index in [1.807, 2.05) is 17.1 Å². The second-order valence-corrected chi connectivity index (χ2v) is 4.06. The minimum atomic E-state index is -0.0226. The zero-order valence-electron chi connectivity index (χ0n) is 9.22. The second-order valence-electron chi connectivity index (χ2n) is 4.06. The molecule has 0 bridgehead atoms. The Kier molecular flexibility index (Phi) is 3.38. The topological polar surface area (TPSA) is 53.1 Å². The lowest BCUT2D eigenvalue weighted by atomic mass is 9.99. The Morgan fingerprint density at radius 1 is 1.67 bits per heavy atom. The summed E-state index contributed by atoms with van der Waals surface area (Å²) in [4.78, 5) is 0. The zero-order chi connectivity index (χ0) is 10.7. The summed E-state index contributed by atoms with van der Waals surface area (Å²) in [5, 5.41) is 4.23. The van der Waals surface area contributed by atoms with Crippen LogP contribution in [0.2, 0.25) is 0 Å². The van der Waals surface area contributed by atoms with Gasteiger partial charge < -0.3 is 10.5 Å². The van der Waals surface area contributed by atoms with Crippen LogP contribution in [0.4, 0.5) is 0 Å². The third-order valence-corrected chi connectivity index (χ3v) is 2.98. The van der Waals surface area contributed by atoms with E-state index in [9.17, 15) is 0 Å². The molecule has 2 atom stereocenters. The molecule has 4 nitrogen and oxygen atoms in total. The summed E-state index contributed by atoms with van der Waals surface area (Å²) in [5.74, 6) is 0. The highest BCUT2D eigenvalue weighted by molar-refractivity contribution is 5.11. The molecule has 1 saturated heterocycles. The first-order valence-corrected chi connectivity index (χ1v) is 5.71. The molecule has 0 spiro atoms. The van der Waals surface area contributed by atoms with Gasteiger partial charge >= 0.3 is 0 Å². The quantitative estimate of drug-likeness (QED) is 0.820. The minimum absolute atomic E-state index is 0.0226. The number of hydrogen-bond acceptors (Lipinski definition) is 3. The molecule has 2 unspecified atom stereocenters. The molecule has 1 aliphatic rings. The molecule has 84 valence electrons. The van der Waals surface area contributed by atoms with Crippen molar-refractivity contribution in [3.63, 3.8) is 0 Å². The molecule has 4 heteroatoms. The van der Waals surface area contributed by atoms with Crippen molar-refractivity contribution < 1.29 is 4.74 Å². The Bertz CT molecular complexity index is 305. The zero-order valence-corrected chi connectivity index (χ0v) is 9.22. The third kappa shape index (κ3) is 2.38. The predicted octanol–water partition coefficient (Wildman–Crippen LogP) is 1.47. The summed E-state index contributed by atoms with van der Waals surface area (Å²) in [6.45, 7) is 3.80. The smallest absolute Gasteiger partial charge is 0.0768 e. The number of nitrogens with zero attached hydrogens (tertiary/aromatic N) is 2. The summed E-state index contributed by atoms with van der Waals surface area (Å²) in [5.41, 5.74) is 7.25. The van der Waals surface area contributed by atoms with Crippen LogP contribution in [0.1, 0.15) is 37.8 Å². The summed E-state index contributed by atoms with van der Waals surface area (Å²) in [7, 11) is 0. The summed E-state index contributed by atoms with van der Waals surface area (Å²) in [6.07, 6.45) is 7.50. The molecule has 15 heavy (non-hydrogen) atoms. The first-order chi connectivity index (χ1) is 7.31. The standard InChI is InChI=1S/C11H19N3O/c1-2-14-8-9(7-13-14)11(12)10-5-3-4-6-15-10/h7-8,10-11H,2-6,12H2,1H3. The van der Waals surface area contributed by atoms with Crippen LogP contribution in [-0.4, -0.2) is 22.5 Å². The van der Waals surface area contributed by atoms with Crippen LogP contribution in [0.5, 0.6) is 0 Å². The van der Waals surface area contributed by atoms with Gasteiger partial charge in [-0.3, -0.25) is 4.68 Å². The Morgan fingerprint density at radius 2 is 2.53 bits per heavy atom. The Morgan fingerprint density at radius 3 is 3.13 bits per heavy atom. The molecule has 0 aromatic carbocycles. The van der Waals surface area contributed by atoms with Crippen molar-refractivity contribution in [1.82, 2.24) is 9.78 Å². The molecule has 0 radical (unpaired) electrons. The molecule has 2 heterocycles. The lowest BCUT2D eigenvalue weighted by Gasteiger charge is -2.27. The van der Waals surface area contributed by atoms with E-state index in [0.29, 0.717) is 0 Å². The maximum atomic E-state index is 6.16. The van der Waals surface area contributed by atoms with Gasteiger partial charge in [-0.05, 0) is 26.2 Å². The lowest BCUT2D eigenvalue weighted by molar-refractivity contribution is -0.00000268. The van der Waals surface area contributed by atoms with Gasteiger partial charge in [0.25, 0.3) is 0 Å². The predicted molar refractivity (Wildman–Crippen MR) is 58.4 cm³/mol. The Labute approximate surface area is 90.4 Å².